The van der Waals surface area contributed by atoms with Crippen LogP contribution in [0, 0.1) is 0 Å². The number of rotatable bonds is 3. The van der Waals surface area contributed by atoms with Crippen molar-refractivity contribution < 1.29 is 9.90 Å². The third-order valence-corrected chi connectivity index (χ3v) is 2.61. The molecule has 0 bridgehead atoms. The van der Waals surface area contributed by atoms with Gasteiger partial charge in [-0.25, -0.2) is 4.79 Å². The zero-order chi connectivity index (χ0) is 13.8. The number of nitrogens with one attached hydrogen (secondary N) is 2. The van der Waals surface area contributed by atoms with Crippen LogP contribution in [-0.2, 0) is 7.05 Å². The van der Waals surface area contributed by atoms with Crippen LogP contribution < -0.4 is 10.6 Å². The van der Waals surface area contributed by atoms with Crippen molar-refractivity contribution in [3.8, 4) is 0 Å². The molecule has 0 aliphatic rings. The van der Waals surface area contributed by atoms with Gasteiger partial charge < -0.3 is 15.7 Å². The third-order valence-electron chi connectivity index (χ3n) is 2.61. The highest BCUT2D eigenvalue weighted by Gasteiger charge is 2.05. The summed E-state index contributed by atoms with van der Waals surface area (Å²) in [6.07, 6.45) is 2.75. The Kier molecular flexibility index (Phi) is 3.82. The fourth-order valence-corrected chi connectivity index (χ4v) is 1.62. The van der Waals surface area contributed by atoms with Crippen LogP contribution in [0.2, 0.25) is 0 Å². The number of nitrogens with zero attached hydrogens (tertiary/aromatic N) is 2. The van der Waals surface area contributed by atoms with Gasteiger partial charge in [-0.2, -0.15) is 5.10 Å². The average Bonchev–Trinajstić information content (AvgIpc) is 2.75. The summed E-state index contributed by atoms with van der Waals surface area (Å²) in [5.41, 5.74) is 2.09. The summed E-state index contributed by atoms with van der Waals surface area (Å²) in [5.74, 6) is 0. The van der Waals surface area contributed by atoms with Crippen molar-refractivity contribution >= 4 is 17.4 Å². The van der Waals surface area contributed by atoms with Crippen molar-refractivity contribution in [2.24, 2.45) is 7.05 Å². The summed E-state index contributed by atoms with van der Waals surface area (Å²) >= 11 is 0. The molecule has 1 aromatic heterocycles. The second-order valence-electron chi connectivity index (χ2n) is 4.28. The molecule has 0 fully saturated rings. The number of anilines is 2. The Morgan fingerprint density at radius 1 is 1.26 bits per heavy atom. The lowest BCUT2D eigenvalue weighted by Crippen LogP contribution is -2.19. The van der Waals surface area contributed by atoms with Crippen LogP contribution in [0.4, 0.5) is 16.2 Å². The maximum atomic E-state index is 11.7. The SMILES string of the molecule is CC(O)c1ccc(NC(=O)Nc2cnn(C)c2)cc1. The Balaban J connectivity index is 1.95. The average molecular weight is 260 g/mol. The molecule has 100 valence electrons. The Labute approximate surface area is 111 Å². The summed E-state index contributed by atoms with van der Waals surface area (Å²) in [7, 11) is 1.78. The monoisotopic (exact) mass is 260 g/mol. The zero-order valence-corrected chi connectivity index (χ0v) is 10.8. The van der Waals surface area contributed by atoms with Crippen LogP contribution in [0.25, 0.3) is 0 Å². The quantitative estimate of drug-likeness (QED) is 0.790. The first-order chi connectivity index (χ1) is 9.04. The molecule has 19 heavy (non-hydrogen) atoms. The van der Waals surface area contributed by atoms with Gasteiger partial charge in [0.2, 0.25) is 0 Å². The lowest BCUT2D eigenvalue weighted by Gasteiger charge is -2.08. The molecule has 2 amide bonds. The van der Waals surface area contributed by atoms with Gasteiger partial charge >= 0.3 is 6.03 Å². The maximum Gasteiger partial charge on any atom is 0.323 e. The summed E-state index contributed by atoms with van der Waals surface area (Å²) in [6.45, 7) is 1.69. The zero-order valence-electron chi connectivity index (χ0n) is 10.8. The van der Waals surface area contributed by atoms with Gasteiger partial charge in [0.1, 0.15) is 0 Å². The van der Waals surface area contributed by atoms with Gasteiger partial charge in [-0.05, 0) is 24.6 Å². The summed E-state index contributed by atoms with van der Waals surface area (Å²) in [5, 5.41) is 18.7. The van der Waals surface area contributed by atoms with Gasteiger partial charge in [-0.15, -0.1) is 0 Å². The molecule has 3 N–H and O–H groups in total. The predicted octanol–water partition coefficient (Wildman–Crippen LogP) is 2.12. The van der Waals surface area contributed by atoms with E-state index in [-0.39, 0.29) is 6.03 Å². The highest BCUT2D eigenvalue weighted by molar-refractivity contribution is 5.99. The van der Waals surface area contributed by atoms with E-state index in [0.717, 1.165) is 5.56 Å². The number of aryl methyl sites for hydroxylation is 1. The van der Waals surface area contributed by atoms with Crippen molar-refractivity contribution in [1.82, 2.24) is 9.78 Å². The van der Waals surface area contributed by atoms with Gasteiger partial charge in [-0.3, -0.25) is 4.68 Å². The largest absolute Gasteiger partial charge is 0.389 e. The standard InChI is InChI=1S/C13H16N4O2/c1-9(18)10-3-5-11(6-4-10)15-13(19)16-12-7-14-17(2)8-12/h3-9,18H,1-2H3,(H2,15,16,19). The van der Waals surface area contributed by atoms with Crippen molar-refractivity contribution in [3.63, 3.8) is 0 Å². The van der Waals surface area contributed by atoms with Crippen LogP contribution in [-0.4, -0.2) is 20.9 Å². The highest BCUT2D eigenvalue weighted by Crippen LogP contribution is 2.15. The molecule has 0 spiro atoms. The molecule has 2 rings (SSSR count). The molecule has 1 unspecified atom stereocenters. The molecule has 1 heterocycles. The lowest BCUT2D eigenvalue weighted by atomic mass is 10.1. The molecule has 2 aromatic rings. The molecular weight excluding hydrogens is 244 g/mol. The fraction of sp³-hybridized carbons (Fsp3) is 0.231. The molecule has 6 nitrogen and oxygen atoms in total. The van der Waals surface area contributed by atoms with Gasteiger partial charge in [0.15, 0.2) is 0 Å². The number of carbonyl (C=O) groups is 1. The Bertz CT molecular complexity index is 560. The van der Waals surface area contributed by atoms with Crippen molar-refractivity contribution in [3.05, 3.63) is 42.2 Å². The van der Waals surface area contributed by atoms with E-state index in [2.05, 4.69) is 15.7 Å². The molecule has 0 radical (unpaired) electrons. The van der Waals surface area contributed by atoms with E-state index in [1.54, 1.807) is 55.3 Å². The minimum atomic E-state index is -0.515. The molecule has 6 heteroatoms. The minimum Gasteiger partial charge on any atom is -0.389 e. The number of hydrogen-bond acceptors (Lipinski definition) is 3. The molecule has 1 aromatic carbocycles. The Hall–Kier alpha value is -2.34. The topological polar surface area (TPSA) is 79.2 Å². The molecule has 0 saturated carbocycles. The number of aromatic nitrogens is 2. The molecule has 0 aliphatic heterocycles. The third kappa shape index (κ3) is 3.56. The fourth-order valence-electron chi connectivity index (χ4n) is 1.62. The number of aliphatic hydroxyl groups is 1. The summed E-state index contributed by atoms with van der Waals surface area (Å²) in [6, 6.07) is 6.68. The van der Waals surface area contributed by atoms with Crippen molar-refractivity contribution in [2.75, 3.05) is 10.6 Å². The number of amides is 2. The summed E-state index contributed by atoms with van der Waals surface area (Å²) < 4.78 is 1.60. The van der Waals surface area contributed by atoms with Crippen LogP contribution in [0.1, 0.15) is 18.6 Å². The predicted molar refractivity (Wildman–Crippen MR) is 72.9 cm³/mol. The molecule has 0 aliphatic carbocycles. The van der Waals surface area contributed by atoms with Crippen LogP contribution in [0.3, 0.4) is 0 Å². The number of carbonyl (C=O) groups excluding carboxylic acids is 1. The van der Waals surface area contributed by atoms with E-state index in [0.29, 0.717) is 11.4 Å². The lowest BCUT2D eigenvalue weighted by molar-refractivity contribution is 0.199. The van der Waals surface area contributed by atoms with E-state index < -0.39 is 6.10 Å². The number of hydrogen-bond donors (Lipinski definition) is 3. The first-order valence-corrected chi connectivity index (χ1v) is 5.89. The van der Waals surface area contributed by atoms with Gasteiger partial charge in [-0.1, -0.05) is 12.1 Å². The molecule has 1 atom stereocenters. The summed E-state index contributed by atoms with van der Waals surface area (Å²) in [4.78, 5) is 11.7. The minimum absolute atomic E-state index is 0.335. The second-order valence-corrected chi connectivity index (χ2v) is 4.28. The number of aliphatic hydroxyl groups excluding tert-OH is 1. The maximum absolute atomic E-state index is 11.7. The van der Waals surface area contributed by atoms with Crippen LogP contribution >= 0.6 is 0 Å². The van der Waals surface area contributed by atoms with E-state index in [1.807, 2.05) is 0 Å². The van der Waals surface area contributed by atoms with Crippen molar-refractivity contribution in [2.45, 2.75) is 13.0 Å². The van der Waals surface area contributed by atoms with Gasteiger partial charge in [0.25, 0.3) is 0 Å². The molecular formula is C13H16N4O2. The normalized spacial score (nSPS) is 11.9. The highest BCUT2D eigenvalue weighted by atomic mass is 16.3. The Morgan fingerprint density at radius 2 is 1.89 bits per heavy atom. The van der Waals surface area contributed by atoms with E-state index in [1.165, 1.54) is 0 Å². The second kappa shape index (κ2) is 5.53. The van der Waals surface area contributed by atoms with Gasteiger partial charge in [0, 0.05) is 18.9 Å². The van der Waals surface area contributed by atoms with Crippen LogP contribution in [0.5, 0.6) is 0 Å². The first kappa shape index (κ1) is 13.1. The molecule has 0 saturated heterocycles. The smallest absolute Gasteiger partial charge is 0.323 e. The Morgan fingerprint density at radius 3 is 2.42 bits per heavy atom. The van der Waals surface area contributed by atoms with Crippen LogP contribution in [0.15, 0.2) is 36.7 Å². The van der Waals surface area contributed by atoms with Gasteiger partial charge in [0.05, 0.1) is 18.0 Å². The van der Waals surface area contributed by atoms with E-state index >= 15 is 0 Å². The van der Waals surface area contributed by atoms with E-state index in [9.17, 15) is 9.90 Å². The number of urea groups is 1. The number of benzene rings is 1. The first-order valence-electron chi connectivity index (χ1n) is 5.89. The van der Waals surface area contributed by atoms with Crippen molar-refractivity contribution in [1.29, 1.82) is 0 Å². The van der Waals surface area contributed by atoms with E-state index in [4.69, 9.17) is 0 Å².